The molecule has 0 saturated carbocycles. The van der Waals surface area contributed by atoms with Crippen molar-refractivity contribution in [2.45, 2.75) is 71.9 Å². The van der Waals surface area contributed by atoms with Crippen molar-refractivity contribution in [1.82, 2.24) is 4.90 Å². The first-order valence-electron chi connectivity index (χ1n) is 8.55. The highest BCUT2D eigenvalue weighted by molar-refractivity contribution is 5.26. The predicted molar refractivity (Wildman–Crippen MR) is 93.7 cm³/mol. The first-order valence-corrected chi connectivity index (χ1v) is 8.55. The van der Waals surface area contributed by atoms with Gasteiger partial charge >= 0.3 is 0 Å². The summed E-state index contributed by atoms with van der Waals surface area (Å²) in [5.74, 6) is 0.580. The predicted octanol–water partition coefficient (Wildman–Crippen LogP) is 4.71. The summed E-state index contributed by atoms with van der Waals surface area (Å²) in [4.78, 5) is 2.51. The summed E-state index contributed by atoms with van der Waals surface area (Å²) >= 11 is 0. The van der Waals surface area contributed by atoms with Crippen molar-refractivity contribution in [3.8, 4) is 0 Å². The summed E-state index contributed by atoms with van der Waals surface area (Å²) in [7, 11) is 0. The monoisotopic (exact) mass is 290 g/mol. The summed E-state index contributed by atoms with van der Waals surface area (Å²) in [6.07, 6.45) is 3.85. The van der Waals surface area contributed by atoms with Crippen LogP contribution in [0.3, 0.4) is 0 Å². The minimum atomic E-state index is 0.107. The van der Waals surface area contributed by atoms with Crippen LogP contribution in [0.4, 0.5) is 0 Å². The molecule has 0 spiro atoms. The normalized spacial score (nSPS) is 13.4. The lowest BCUT2D eigenvalue weighted by atomic mass is 9.99. The Morgan fingerprint density at radius 1 is 0.952 bits per heavy atom. The van der Waals surface area contributed by atoms with Crippen LogP contribution in [0.25, 0.3) is 0 Å². The molecule has 1 atom stereocenters. The third-order valence-corrected chi connectivity index (χ3v) is 4.24. The largest absolute Gasteiger partial charge is 0.323 e. The van der Waals surface area contributed by atoms with E-state index in [2.05, 4.69) is 63.8 Å². The molecule has 1 rings (SSSR count). The summed E-state index contributed by atoms with van der Waals surface area (Å²) in [5.41, 5.74) is 9.06. The van der Waals surface area contributed by atoms with Crippen molar-refractivity contribution in [3.63, 3.8) is 0 Å². The number of hydrogen-bond donors (Lipinski definition) is 1. The molecule has 0 aliphatic rings. The van der Waals surface area contributed by atoms with Crippen LogP contribution >= 0.6 is 0 Å². The Balaban J connectivity index is 2.61. The summed E-state index contributed by atoms with van der Waals surface area (Å²) in [5, 5.41) is 0. The average molecular weight is 290 g/mol. The first kappa shape index (κ1) is 18.2. The van der Waals surface area contributed by atoms with E-state index in [-0.39, 0.29) is 6.04 Å². The van der Waals surface area contributed by atoms with E-state index >= 15 is 0 Å². The maximum absolute atomic E-state index is 6.42. The number of unbranched alkanes of at least 4 members (excludes halogenated alkanes) is 2. The van der Waals surface area contributed by atoms with Crippen LogP contribution in [-0.4, -0.2) is 24.0 Å². The minimum absolute atomic E-state index is 0.107. The maximum Gasteiger partial charge on any atom is 0.0424 e. The Hall–Kier alpha value is -0.860. The molecule has 2 nitrogen and oxygen atoms in total. The van der Waals surface area contributed by atoms with Gasteiger partial charge < -0.3 is 5.73 Å². The fraction of sp³-hybridized carbons (Fsp3) is 0.684. The standard InChI is InChI=1S/C19H34N2/c1-6-7-8-13-21(16(4)5)14-19(20)18-11-9-17(10-12-18)15(2)3/h9-12,15-16,19H,6-8,13-14,20H2,1-5H3. The molecular formula is C19H34N2. The van der Waals surface area contributed by atoms with Crippen LogP contribution < -0.4 is 5.73 Å². The van der Waals surface area contributed by atoms with Crippen molar-refractivity contribution in [2.24, 2.45) is 5.73 Å². The highest BCUT2D eigenvalue weighted by Crippen LogP contribution is 2.19. The zero-order valence-electron chi connectivity index (χ0n) is 14.6. The number of nitrogens with zero attached hydrogens (tertiary/aromatic N) is 1. The van der Waals surface area contributed by atoms with E-state index in [0.29, 0.717) is 12.0 Å². The molecule has 0 aliphatic heterocycles. The smallest absolute Gasteiger partial charge is 0.0424 e. The Bertz CT molecular complexity index is 381. The number of benzene rings is 1. The van der Waals surface area contributed by atoms with Crippen molar-refractivity contribution < 1.29 is 0 Å². The van der Waals surface area contributed by atoms with E-state index in [1.54, 1.807) is 0 Å². The lowest BCUT2D eigenvalue weighted by Gasteiger charge is -2.29. The molecule has 0 fully saturated rings. The Kier molecular flexibility index (Phi) is 7.98. The van der Waals surface area contributed by atoms with Crippen molar-refractivity contribution in [3.05, 3.63) is 35.4 Å². The van der Waals surface area contributed by atoms with E-state index in [9.17, 15) is 0 Å². The van der Waals surface area contributed by atoms with Gasteiger partial charge in [-0.2, -0.15) is 0 Å². The molecular weight excluding hydrogens is 256 g/mol. The SMILES string of the molecule is CCCCCN(CC(N)c1ccc(C(C)C)cc1)C(C)C. The van der Waals surface area contributed by atoms with Gasteiger partial charge in [-0.1, -0.05) is 57.9 Å². The molecule has 0 radical (unpaired) electrons. The molecule has 21 heavy (non-hydrogen) atoms. The molecule has 1 aromatic carbocycles. The van der Waals surface area contributed by atoms with E-state index in [4.69, 9.17) is 5.73 Å². The van der Waals surface area contributed by atoms with Gasteiger partial charge in [-0.05, 0) is 43.9 Å². The topological polar surface area (TPSA) is 29.3 Å². The van der Waals surface area contributed by atoms with Crippen molar-refractivity contribution in [2.75, 3.05) is 13.1 Å². The molecule has 2 heteroatoms. The van der Waals surface area contributed by atoms with Crippen molar-refractivity contribution in [1.29, 1.82) is 0 Å². The van der Waals surface area contributed by atoms with Gasteiger partial charge in [0.15, 0.2) is 0 Å². The molecule has 0 aromatic heterocycles. The molecule has 1 aromatic rings. The van der Waals surface area contributed by atoms with Gasteiger partial charge in [-0.15, -0.1) is 0 Å². The van der Waals surface area contributed by atoms with E-state index in [1.807, 2.05) is 0 Å². The summed E-state index contributed by atoms with van der Waals surface area (Å²) < 4.78 is 0. The van der Waals surface area contributed by atoms with Gasteiger partial charge in [-0.25, -0.2) is 0 Å². The van der Waals surface area contributed by atoms with Gasteiger partial charge in [0.2, 0.25) is 0 Å². The van der Waals surface area contributed by atoms with Gasteiger partial charge in [0, 0.05) is 18.6 Å². The Morgan fingerprint density at radius 3 is 2.00 bits per heavy atom. The third-order valence-electron chi connectivity index (χ3n) is 4.24. The van der Waals surface area contributed by atoms with Crippen LogP contribution in [0, 0.1) is 0 Å². The summed E-state index contributed by atoms with van der Waals surface area (Å²) in [6.45, 7) is 13.3. The second-order valence-corrected chi connectivity index (χ2v) is 6.72. The lowest BCUT2D eigenvalue weighted by Crippen LogP contribution is -2.37. The van der Waals surface area contributed by atoms with Gasteiger partial charge in [0.1, 0.15) is 0 Å². The minimum Gasteiger partial charge on any atom is -0.323 e. The zero-order valence-corrected chi connectivity index (χ0v) is 14.6. The van der Waals surface area contributed by atoms with Gasteiger partial charge in [-0.3, -0.25) is 4.90 Å². The quantitative estimate of drug-likeness (QED) is 0.667. The van der Waals surface area contributed by atoms with E-state index < -0.39 is 0 Å². The molecule has 1 unspecified atom stereocenters. The average Bonchev–Trinajstić information content (AvgIpc) is 2.46. The van der Waals surface area contributed by atoms with Crippen LogP contribution in [0.2, 0.25) is 0 Å². The zero-order chi connectivity index (χ0) is 15.8. The first-order chi connectivity index (χ1) is 9.95. The van der Waals surface area contributed by atoms with Gasteiger partial charge in [0.25, 0.3) is 0 Å². The molecule has 0 bridgehead atoms. The second kappa shape index (κ2) is 9.22. The summed E-state index contributed by atoms with van der Waals surface area (Å²) in [6, 6.07) is 9.50. The Morgan fingerprint density at radius 2 is 1.52 bits per heavy atom. The number of nitrogens with two attached hydrogens (primary N) is 1. The second-order valence-electron chi connectivity index (χ2n) is 6.72. The molecule has 0 saturated heterocycles. The van der Waals surface area contributed by atoms with Gasteiger partial charge in [0.05, 0.1) is 0 Å². The highest BCUT2D eigenvalue weighted by Gasteiger charge is 2.15. The number of rotatable bonds is 9. The van der Waals surface area contributed by atoms with E-state index in [0.717, 1.165) is 13.1 Å². The maximum atomic E-state index is 6.42. The molecule has 0 heterocycles. The molecule has 2 N–H and O–H groups in total. The van der Waals surface area contributed by atoms with E-state index in [1.165, 1.54) is 30.4 Å². The fourth-order valence-corrected chi connectivity index (χ4v) is 2.61. The van der Waals surface area contributed by atoms with Crippen LogP contribution in [0.5, 0.6) is 0 Å². The highest BCUT2D eigenvalue weighted by atomic mass is 15.2. The van der Waals surface area contributed by atoms with Crippen LogP contribution in [0.1, 0.15) is 77.0 Å². The van der Waals surface area contributed by atoms with Crippen molar-refractivity contribution >= 4 is 0 Å². The van der Waals surface area contributed by atoms with Crippen LogP contribution in [0.15, 0.2) is 24.3 Å². The van der Waals surface area contributed by atoms with Crippen LogP contribution in [-0.2, 0) is 0 Å². The number of hydrogen-bond acceptors (Lipinski definition) is 2. The molecule has 0 amide bonds. The molecule has 0 aliphatic carbocycles. The Labute approximate surface area is 131 Å². The molecule has 120 valence electrons. The third kappa shape index (κ3) is 6.19. The lowest BCUT2D eigenvalue weighted by molar-refractivity contribution is 0.204. The fourth-order valence-electron chi connectivity index (χ4n) is 2.61.